The minimum absolute atomic E-state index is 0.124. The van der Waals surface area contributed by atoms with Crippen LogP contribution in [0.4, 0.5) is 0 Å². The molecule has 0 N–H and O–H groups in total. The van der Waals surface area contributed by atoms with Crippen molar-refractivity contribution in [2.45, 2.75) is 37.6 Å². The Morgan fingerprint density at radius 2 is 1.59 bits per heavy atom. The Morgan fingerprint density at radius 3 is 2.22 bits per heavy atom. The molecule has 1 amide bonds. The van der Waals surface area contributed by atoms with Crippen LogP contribution in [0.2, 0.25) is 0 Å². The molecule has 0 spiro atoms. The van der Waals surface area contributed by atoms with Crippen LogP contribution in [0.3, 0.4) is 0 Å². The first-order valence-corrected chi connectivity index (χ1v) is 10.8. The average molecular weight is 387 g/mol. The summed E-state index contributed by atoms with van der Waals surface area (Å²) in [6, 6.07) is 16.2. The molecule has 27 heavy (non-hydrogen) atoms. The quantitative estimate of drug-likeness (QED) is 0.766. The molecule has 0 bridgehead atoms. The van der Waals surface area contributed by atoms with Crippen LogP contribution in [0.15, 0.2) is 59.5 Å². The van der Waals surface area contributed by atoms with Gasteiger partial charge in [-0.05, 0) is 43.9 Å². The number of piperidine rings is 1. The zero-order valence-electron chi connectivity index (χ0n) is 15.7. The highest BCUT2D eigenvalue weighted by atomic mass is 32.2. The zero-order chi connectivity index (χ0) is 19.3. The molecule has 2 aromatic rings. The second-order valence-corrected chi connectivity index (χ2v) is 8.95. The average Bonchev–Trinajstić information content (AvgIpc) is 2.69. The summed E-state index contributed by atoms with van der Waals surface area (Å²) in [5.41, 5.74) is 1.85. The van der Waals surface area contributed by atoms with Crippen LogP contribution in [-0.4, -0.2) is 43.2 Å². The van der Waals surface area contributed by atoms with Gasteiger partial charge in [0, 0.05) is 19.6 Å². The van der Waals surface area contributed by atoms with E-state index in [4.69, 9.17) is 0 Å². The van der Waals surface area contributed by atoms with E-state index >= 15 is 0 Å². The maximum Gasteiger partial charge on any atom is 0.243 e. The van der Waals surface area contributed by atoms with Crippen molar-refractivity contribution < 1.29 is 13.2 Å². The van der Waals surface area contributed by atoms with Gasteiger partial charge in [0.1, 0.15) is 0 Å². The molecular formula is C21H26N2O3S. The Bertz CT molecular complexity index is 858. The van der Waals surface area contributed by atoms with Crippen molar-refractivity contribution in [2.24, 2.45) is 0 Å². The smallest absolute Gasteiger partial charge is 0.243 e. The van der Waals surface area contributed by atoms with Crippen LogP contribution in [0.25, 0.3) is 0 Å². The van der Waals surface area contributed by atoms with Crippen molar-refractivity contribution in [3.05, 3.63) is 65.7 Å². The highest BCUT2D eigenvalue weighted by Gasteiger charge is 2.29. The molecular weight excluding hydrogens is 360 g/mol. The Hall–Kier alpha value is -2.18. The lowest BCUT2D eigenvalue weighted by Crippen LogP contribution is -2.44. The van der Waals surface area contributed by atoms with Crippen LogP contribution >= 0.6 is 0 Å². The number of amides is 1. The first-order valence-electron chi connectivity index (χ1n) is 9.35. The monoisotopic (exact) mass is 386 g/mol. The third-order valence-electron chi connectivity index (χ3n) is 4.88. The van der Waals surface area contributed by atoms with Crippen LogP contribution < -0.4 is 0 Å². The Kier molecular flexibility index (Phi) is 6.29. The van der Waals surface area contributed by atoms with Crippen LogP contribution in [0, 0.1) is 6.92 Å². The lowest BCUT2D eigenvalue weighted by Gasteiger charge is -2.29. The molecule has 0 unspecified atom stereocenters. The molecule has 0 aliphatic carbocycles. The van der Waals surface area contributed by atoms with Gasteiger partial charge in [0.2, 0.25) is 15.9 Å². The lowest BCUT2D eigenvalue weighted by molar-refractivity contribution is -0.132. The molecule has 1 saturated heterocycles. The third-order valence-corrected chi connectivity index (χ3v) is 6.69. The summed E-state index contributed by atoms with van der Waals surface area (Å²) in [4.78, 5) is 14.8. The van der Waals surface area contributed by atoms with Crippen LogP contribution in [-0.2, 0) is 21.4 Å². The molecule has 1 heterocycles. The Labute approximate surface area is 161 Å². The highest BCUT2D eigenvalue weighted by molar-refractivity contribution is 7.89. The fraction of sp³-hybridized carbons (Fsp3) is 0.381. The van der Waals surface area contributed by atoms with Crippen molar-refractivity contribution in [3.8, 4) is 0 Å². The maximum atomic E-state index is 13.2. The molecule has 0 radical (unpaired) electrons. The van der Waals surface area contributed by atoms with E-state index in [2.05, 4.69) is 0 Å². The Morgan fingerprint density at radius 1 is 0.963 bits per heavy atom. The minimum Gasteiger partial charge on any atom is -0.342 e. The van der Waals surface area contributed by atoms with Crippen molar-refractivity contribution in [1.29, 1.82) is 0 Å². The molecule has 2 aromatic carbocycles. The summed E-state index contributed by atoms with van der Waals surface area (Å²) < 4.78 is 27.7. The predicted octanol–water partition coefficient (Wildman–Crippen LogP) is 3.20. The van der Waals surface area contributed by atoms with E-state index in [9.17, 15) is 13.2 Å². The number of likely N-dealkylation sites (tertiary alicyclic amines) is 1. The summed E-state index contributed by atoms with van der Waals surface area (Å²) in [6.45, 7) is 3.38. The molecule has 1 aliphatic rings. The molecule has 1 fully saturated rings. The summed E-state index contributed by atoms with van der Waals surface area (Å²) in [6.07, 6.45) is 3.09. The van der Waals surface area contributed by atoms with Gasteiger partial charge >= 0.3 is 0 Å². The van der Waals surface area contributed by atoms with Crippen LogP contribution in [0.5, 0.6) is 0 Å². The van der Waals surface area contributed by atoms with E-state index in [0.717, 1.165) is 30.4 Å². The minimum atomic E-state index is -3.76. The molecule has 144 valence electrons. The van der Waals surface area contributed by atoms with Gasteiger partial charge in [-0.2, -0.15) is 4.31 Å². The van der Waals surface area contributed by atoms with Gasteiger partial charge in [0.25, 0.3) is 0 Å². The number of nitrogens with zero attached hydrogens (tertiary/aromatic N) is 2. The molecule has 0 aromatic heterocycles. The first-order chi connectivity index (χ1) is 13.0. The topological polar surface area (TPSA) is 57.7 Å². The number of benzene rings is 2. The van der Waals surface area contributed by atoms with Gasteiger partial charge in [-0.25, -0.2) is 8.42 Å². The van der Waals surface area contributed by atoms with Gasteiger partial charge < -0.3 is 4.90 Å². The number of aryl methyl sites for hydroxylation is 1. The molecule has 1 aliphatic heterocycles. The molecule has 3 rings (SSSR count). The van der Waals surface area contributed by atoms with Gasteiger partial charge in [0.15, 0.2) is 0 Å². The molecule has 0 saturated carbocycles. The number of sulfonamides is 1. The third kappa shape index (κ3) is 4.96. The standard InChI is InChI=1S/C21H26N2O3S/c1-18-10-12-20(13-11-18)27(25,26)23(16-19-8-4-2-5-9-19)17-21(24)22-14-6-3-7-15-22/h2,4-5,8-13H,3,6-7,14-17H2,1H3. The largest absolute Gasteiger partial charge is 0.342 e. The van der Waals surface area contributed by atoms with Crippen molar-refractivity contribution >= 4 is 15.9 Å². The zero-order valence-corrected chi connectivity index (χ0v) is 16.5. The fourth-order valence-electron chi connectivity index (χ4n) is 3.27. The van der Waals surface area contributed by atoms with E-state index in [1.807, 2.05) is 37.3 Å². The second kappa shape index (κ2) is 8.67. The van der Waals surface area contributed by atoms with Gasteiger partial charge in [-0.3, -0.25) is 4.79 Å². The van der Waals surface area contributed by atoms with Gasteiger partial charge in [-0.1, -0.05) is 48.0 Å². The molecule has 0 atom stereocenters. The van der Waals surface area contributed by atoms with E-state index in [1.165, 1.54) is 4.31 Å². The predicted molar refractivity (Wildman–Crippen MR) is 106 cm³/mol. The first kappa shape index (κ1) is 19.6. The second-order valence-electron chi connectivity index (χ2n) is 7.01. The van der Waals surface area contributed by atoms with Gasteiger partial charge in [-0.15, -0.1) is 0 Å². The van der Waals surface area contributed by atoms with Crippen LogP contribution in [0.1, 0.15) is 30.4 Å². The maximum absolute atomic E-state index is 13.2. The Balaban J connectivity index is 1.86. The number of rotatable bonds is 6. The van der Waals surface area contributed by atoms with Crippen molar-refractivity contribution in [1.82, 2.24) is 9.21 Å². The van der Waals surface area contributed by atoms with E-state index < -0.39 is 10.0 Å². The number of carbonyl (C=O) groups excluding carboxylic acids is 1. The number of hydrogen-bond acceptors (Lipinski definition) is 3. The fourth-order valence-corrected chi connectivity index (χ4v) is 4.64. The van der Waals surface area contributed by atoms with E-state index in [1.54, 1.807) is 29.2 Å². The summed E-state index contributed by atoms with van der Waals surface area (Å²) in [7, 11) is -3.76. The summed E-state index contributed by atoms with van der Waals surface area (Å²) >= 11 is 0. The molecule has 6 heteroatoms. The number of hydrogen-bond donors (Lipinski definition) is 0. The van der Waals surface area contributed by atoms with Crippen molar-refractivity contribution in [2.75, 3.05) is 19.6 Å². The van der Waals surface area contributed by atoms with Gasteiger partial charge in [0.05, 0.1) is 11.4 Å². The summed E-state index contributed by atoms with van der Waals surface area (Å²) in [5.74, 6) is -0.124. The lowest BCUT2D eigenvalue weighted by atomic mass is 10.1. The SMILES string of the molecule is Cc1ccc(S(=O)(=O)N(CC(=O)N2CCCCC2)Cc2ccccc2)cc1. The number of carbonyl (C=O) groups is 1. The van der Waals surface area contributed by atoms with Crippen molar-refractivity contribution in [3.63, 3.8) is 0 Å². The summed E-state index contributed by atoms with van der Waals surface area (Å²) in [5, 5.41) is 0. The van der Waals surface area contributed by atoms with E-state index in [0.29, 0.717) is 13.1 Å². The van der Waals surface area contributed by atoms with E-state index in [-0.39, 0.29) is 23.9 Å². The normalized spacial score (nSPS) is 15.1. The molecule has 5 nitrogen and oxygen atoms in total. The highest BCUT2D eigenvalue weighted by Crippen LogP contribution is 2.20.